The van der Waals surface area contributed by atoms with Gasteiger partial charge in [-0.3, -0.25) is 14.9 Å². The number of benzene rings is 2. The second-order valence-corrected chi connectivity index (χ2v) is 4.92. The Morgan fingerprint density at radius 3 is 2.52 bits per heavy atom. The van der Waals surface area contributed by atoms with Crippen LogP contribution in [0.15, 0.2) is 36.4 Å². The zero-order chi connectivity index (χ0) is 15.6. The van der Waals surface area contributed by atoms with Crippen molar-refractivity contribution in [1.82, 2.24) is 0 Å². The number of non-ortho nitro benzene ring substituents is 1. The minimum Gasteiger partial charge on any atom is -0.506 e. The van der Waals surface area contributed by atoms with Crippen LogP contribution in [-0.4, -0.2) is 15.9 Å². The molecule has 108 valence electrons. The van der Waals surface area contributed by atoms with Crippen molar-refractivity contribution in [2.75, 3.05) is 5.32 Å². The number of hydrogen-bond donors (Lipinski definition) is 2. The highest BCUT2D eigenvalue weighted by Crippen LogP contribution is 2.27. The SMILES string of the molecule is O=C(Nc1ccc(O)c(Cl)c1)c1cc(Cl)cc([N+](=O)[O-])c1. The van der Waals surface area contributed by atoms with Crippen molar-refractivity contribution in [1.29, 1.82) is 0 Å². The molecule has 0 bridgehead atoms. The predicted molar refractivity (Wildman–Crippen MR) is 79.2 cm³/mol. The Balaban J connectivity index is 2.27. The number of carbonyl (C=O) groups is 1. The van der Waals surface area contributed by atoms with Crippen LogP contribution in [0.3, 0.4) is 0 Å². The quantitative estimate of drug-likeness (QED) is 0.508. The summed E-state index contributed by atoms with van der Waals surface area (Å²) >= 11 is 11.5. The van der Waals surface area contributed by atoms with Gasteiger partial charge in [-0.05, 0) is 24.3 Å². The first-order valence-electron chi connectivity index (χ1n) is 5.61. The van der Waals surface area contributed by atoms with Gasteiger partial charge in [-0.1, -0.05) is 23.2 Å². The molecule has 2 N–H and O–H groups in total. The number of amides is 1. The molecule has 0 aromatic heterocycles. The van der Waals surface area contributed by atoms with Crippen LogP contribution < -0.4 is 5.32 Å². The number of anilines is 1. The van der Waals surface area contributed by atoms with Crippen LogP contribution in [0.1, 0.15) is 10.4 Å². The van der Waals surface area contributed by atoms with E-state index < -0.39 is 10.8 Å². The number of hydrogen-bond acceptors (Lipinski definition) is 4. The second-order valence-electron chi connectivity index (χ2n) is 4.08. The third-order valence-corrected chi connectivity index (χ3v) is 3.08. The van der Waals surface area contributed by atoms with Crippen LogP contribution in [0.4, 0.5) is 11.4 Å². The molecule has 2 aromatic carbocycles. The highest BCUT2D eigenvalue weighted by atomic mass is 35.5. The van der Waals surface area contributed by atoms with Gasteiger partial charge in [0.2, 0.25) is 0 Å². The molecule has 0 saturated heterocycles. The van der Waals surface area contributed by atoms with E-state index in [1.165, 1.54) is 24.3 Å². The molecule has 1 amide bonds. The molecule has 21 heavy (non-hydrogen) atoms. The Kier molecular flexibility index (Phi) is 4.30. The summed E-state index contributed by atoms with van der Waals surface area (Å²) in [5.41, 5.74) is 0.0974. The minimum atomic E-state index is -0.639. The molecule has 0 spiro atoms. The van der Waals surface area contributed by atoms with Crippen molar-refractivity contribution in [3.8, 4) is 5.75 Å². The normalized spacial score (nSPS) is 10.2. The van der Waals surface area contributed by atoms with Gasteiger partial charge in [0.15, 0.2) is 0 Å². The molecular weight excluding hydrogens is 319 g/mol. The number of nitro benzene ring substituents is 1. The van der Waals surface area contributed by atoms with Crippen molar-refractivity contribution >= 4 is 40.5 Å². The third-order valence-electron chi connectivity index (χ3n) is 2.56. The first kappa shape index (κ1) is 15.1. The maximum absolute atomic E-state index is 12.0. The zero-order valence-electron chi connectivity index (χ0n) is 10.3. The van der Waals surface area contributed by atoms with E-state index in [4.69, 9.17) is 23.2 Å². The first-order chi connectivity index (χ1) is 9.86. The van der Waals surface area contributed by atoms with E-state index in [-0.39, 0.29) is 27.0 Å². The lowest BCUT2D eigenvalue weighted by atomic mass is 10.2. The standard InChI is InChI=1S/C13H8Cl2N2O4/c14-8-3-7(4-10(5-8)17(20)21)13(19)16-9-1-2-12(18)11(15)6-9/h1-6,18H,(H,16,19). The fraction of sp³-hybridized carbons (Fsp3) is 0. The predicted octanol–water partition coefficient (Wildman–Crippen LogP) is 3.86. The van der Waals surface area contributed by atoms with Gasteiger partial charge in [-0.15, -0.1) is 0 Å². The number of halogens is 2. The lowest BCUT2D eigenvalue weighted by Crippen LogP contribution is -2.12. The molecule has 8 heteroatoms. The molecule has 0 radical (unpaired) electrons. The lowest BCUT2D eigenvalue weighted by Gasteiger charge is -2.07. The van der Waals surface area contributed by atoms with Crippen LogP contribution in [0.2, 0.25) is 10.0 Å². The molecule has 0 unspecified atom stereocenters. The maximum atomic E-state index is 12.0. The molecule has 0 heterocycles. The summed E-state index contributed by atoms with van der Waals surface area (Å²) in [7, 11) is 0. The highest BCUT2D eigenvalue weighted by molar-refractivity contribution is 6.32. The van der Waals surface area contributed by atoms with Crippen LogP contribution in [-0.2, 0) is 0 Å². The van der Waals surface area contributed by atoms with Crippen molar-refractivity contribution in [3.05, 3.63) is 62.1 Å². The van der Waals surface area contributed by atoms with Gasteiger partial charge in [-0.25, -0.2) is 0 Å². The average Bonchev–Trinajstić information content (AvgIpc) is 2.42. The van der Waals surface area contributed by atoms with Crippen LogP contribution in [0.5, 0.6) is 5.75 Å². The number of nitrogens with zero attached hydrogens (tertiary/aromatic N) is 1. The highest BCUT2D eigenvalue weighted by Gasteiger charge is 2.14. The summed E-state index contributed by atoms with van der Waals surface area (Å²) in [5, 5.41) is 22.7. The van der Waals surface area contributed by atoms with Gasteiger partial charge in [0.05, 0.1) is 9.95 Å². The van der Waals surface area contributed by atoms with Gasteiger partial charge in [0.25, 0.3) is 11.6 Å². The molecule has 0 saturated carbocycles. The summed E-state index contributed by atoms with van der Waals surface area (Å²) in [5.74, 6) is -0.699. The Labute approximate surface area is 129 Å². The number of rotatable bonds is 3. The lowest BCUT2D eigenvalue weighted by molar-refractivity contribution is -0.384. The van der Waals surface area contributed by atoms with E-state index in [1.807, 2.05) is 0 Å². The van der Waals surface area contributed by atoms with E-state index in [0.29, 0.717) is 5.69 Å². The van der Waals surface area contributed by atoms with E-state index >= 15 is 0 Å². The molecule has 2 rings (SSSR count). The zero-order valence-corrected chi connectivity index (χ0v) is 11.9. The molecule has 0 aliphatic rings. The molecule has 0 aliphatic heterocycles. The summed E-state index contributed by atoms with van der Waals surface area (Å²) in [6.07, 6.45) is 0. The van der Waals surface area contributed by atoms with E-state index in [0.717, 1.165) is 12.1 Å². The van der Waals surface area contributed by atoms with Gasteiger partial charge < -0.3 is 10.4 Å². The smallest absolute Gasteiger partial charge is 0.271 e. The van der Waals surface area contributed by atoms with Crippen molar-refractivity contribution in [2.24, 2.45) is 0 Å². The molecule has 6 nitrogen and oxygen atoms in total. The number of nitrogens with one attached hydrogen (secondary N) is 1. The van der Waals surface area contributed by atoms with Gasteiger partial charge in [-0.2, -0.15) is 0 Å². The molecule has 2 aromatic rings. The Morgan fingerprint density at radius 1 is 1.19 bits per heavy atom. The Hall–Kier alpha value is -2.31. The number of phenolic OH excluding ortho intramolecular Hbond substituents is 1. The van der Waals surface area contributed by atoms with Crippen molar-refractivity contribution in [2.45, 2.75) is 0 Å². The number of aromatic hydroxyl groups is 1. The summed E-state index contributed by atoms with van der Waals surface area (Å²) < 4.78 is 0. The molecule has 0 aliphatic carbocycles. The molecular formula is C13H8Cl2N2O4. The average molecular weight is 327 g/mol. The third kappa shape index (κ3) is 3.62. The monoisotopic (exact) mass is 326 g/mol. The number of carbonyl (C=O) groups excluding carboxylic acids is 1. The van der Waals surface area contributed by atoms with E-state index in [9.17, 15) is 20.0 Å². The van der Waals surface area contributed by atoms with Crippen LogP contribution >= 0.6 is 23.2 Å². The number of nitro groups is 1. The summed E-state index contributed by atoms with van der Waals surface area (Å²) in [6.45, 7) is 0. The van der Waals surface area contributed by atoms with Crippen LogP contribution in [0.25, 0.3) is 0 Å². The van der Waals surface area contributed by atoms with Crippen molar-refractivity contribution < 1.29 is 14.8 Å². The fourth-order valence-electron chi connectivity index (χ4n) is 1.60. The van der Waals surface area contributed by atoms with E-state index in [2.05, 4.69) is 5.32 Å². The Morgan fingerprint density at radius 2 is 1.90 bits per heavy atom. The number of phenols is 1. The summed E-state index contributed by atoms with van der Waals surface area (Å²) in [4.78, 5) is 22.1. The van der Waals surface area contributed by atoms with Gasteiger partial charge >= 0.3 is 0 Å². The van der Waals surface area contributed by atoms with Gasteiger partial charge in [0, 0.05) is 28.4 Å². The maximum Gasteiger partial charge on any atom is 0.271 e. The second kappa shape index (κ2) is 5.99. The Bertz CT molecular complexity index is 734. The largest absolute Gasteiger partial charge is 0.506 e. The summed E-state index contributed by atoms with van der Waals surface area (Å²) in [6, 6.07) is 7.69. The van der Waals surface area contributed by atoms with Crippen LogP contribution in [0, 0.1) is 10.1 Å². The van der Waals surface area contributed by atoms with Gasteiger partial charge in [0.1, 0.15) is 5.75 Å². The minimum absolute atomic E-state index is 0.0402. The topological polar surface area (TPSA) is 92.5 Å². The fourth-order valence-corrected chi connectivity index (χ4v) is 2.01. The molecule has 0 fully saturated rings. The van der Waals surface area contributed by atoms with Crippen molar-refractivity contribution in [3.63, 3.8) is 0 Å². The first-order valence-corrected chi connectivity index (χ1v) is 6.37. The van der Waals surface area contributed by atoms with E-state index in [1.54, 1.807) is 0 Å². The molecule has 0 atom stereocenters.